The molecule has 0 bridgehead atoms. The Bertz CT molecular complexity index is 1070. The average molecular weight is 497 g/mol. The van der Waals surface area contributed by atoms with Crippen molar-refractivity contribution in [3.63, 3.8) is 0 Å². The normalized spacial score (nSPS) is 22.0. The van der Waals surface area contributed by atoms with Gasteiger partial charge in [-0.25, -0.2) is 4.68 Å². The van der Waals surface area contributed by atoms with Gasteiger partial charge in [-0.05, 0) is 55.6 Å². The SMILES string of the molecule is Cc1ccc([C@H]2C[C@H](C(F)(F)F)n3nc(C(=O)NNC(=S)NC[C@@H]4CCCO4)cc3N2)cc1C. The third kappa shape index (κ3) is 5.44. The molecule has 184 valence electrons. The van der Waals surface area contributed by atoms with Crippen molar-refractivity contribution in [2.75, 3.05) is 18.5 Å². The van der Waals surface area contributed by atoms with Crippen LogP contribution in [0.25, 0.3) is 0 Å². The van der Waals surface area contributed by atoms with Gasteiger partial charge in [0.05, 0.1) is 12.1 Å². The molecule has 4 N–H and O–H groups in total. The van der Waals surface area contributed by atoms with E-state index >= 15 is 0 Å². The molecule has 3 heterocycles. The summed E-state index contributed by atoms with van der Waals surface area (Å²) in [7, 11) is 0. The van der Waals surface area contributed by atoms with E-state index in [4.69, 9.17) is 17.0 Å². The van der Waals surface area contributed by atoms with E-state index in [9.17, 15) is 18.0 Å². The molecule has 1 aromatic carbocycles. The van der Waals surface area contributed by atoms with Crippen LogP contribution in [0.4, 0.5) is 19.0 Å². The fourth-order valence-electron chi connectivity index (χ4n) is 4.12. The number of aromatic nitrogens is 2. The number of thiocarbonyl (C=S) groups is 1. The van der Waals surface area contributed by atoms with E-state index < -0.39 is 24.2 Å². The van der Waals surface area contributed by atoms with E-state index in [-0.39, 0.29) is 29.1 Å². The number of halogens is 3. The van der Waals surface area contributed by atoms with Crippen LogP contribution in [-0.4, -0.2) is 46.2 Å². The topological polar surface area (TPSA) is 92.2 Å². The molecule has 1 saturated heterocycles. The van der Waals surface area contributed by atoms with E-state index in [1.165, 1.54) is 6.07 Å². The standard InChI is InChI=1S/C22H27F3N6O2S/c1-12-5-6-14(8-13(12)2)16-9-18(22(23,24)25)31-19(27-16)10-17(30-31)20(32)28-29-21(34)26-11-15-4-3-7-33-15/h5-6,8,10,15-16,18,27H,3-4,7,9,11H2,1-2H3,(H,28,32)(H2,26,29,34)/t15-,16+,18+/m0/s1. The van der Waals surface area contributed by atoms with Crippen molar-refractivity contribution in [1.29, 1.82) is 0 Å². The van der Waals surface area contributed by atoms with Gasteiger partial charge in [0.15, 0.2) is 16.8 Å². The number of fused-ring (bicyclic) bond motifs is 1. The van der Waals surface area contributed by atoms with E-state index in [0.29, 0.717) is 13.2 Å². The Balaban J connectivity index is 1.45. The summed E-state index contributed by atoms with van der Waals surface area (Å²) < 4.78 is 48.0. The van der Waals surface area contributed by atoms with Crippen LogP contribution in [-0.2, 0) is 4.74 Å². The van der Waals surface area contributed by atoms with Gasteiger partial charge in [-0.3, -0.25) is 15.6 Å². The largest absolute Gasteiger partial charge is 0.410 e. The lowest BCUT2D eigenvalue weighted by Gasteiger charge is -2.33. The van der Waals surface area contributed by atoms with Crippen molar-refractivity contribution in [3.05, 3.63) is 46.6 Å². The molecule has 3 atom stereocenters. The number of alkyl halides is 3. The molecule has 4 rings (SSSR count). The second-order valence-electron chi connectivity index (χ2n) is 8.62. The number of ether oxygens (including phenoxy) is 1. The molecule has 0 saturated carbocycles. The van der Waals surface area contributed by atoms with Gasteiger partial charge in [0.1, 0.15) is 5.82 Å². The van der Waals surface area contributed by atoms with Crippen molar-refractivity contribution in [1.82, 2.24) is 25.9 Å². The molecule has 8 nitrogen and oxygen atoms in total. The Labute approximate surface area is 200 Å². The maximum absolute atomic E-state index is 13.9. The monoisotopic (exact) mass is 496 g/mol. The minimum atomic E-state index is -4.53. The molecular formula is C22H27F3N6O2S. The highest BCUT2D eigenvalue weighted by atomic mass is 32.1. The number of amides is 1. The third-order valence-corrected chi connectivity index (χ3v) is 6.41. The van der Waals surface area contributed by atoms with Gasteiger partial charge < -0.3 is 15.4 Å². The maximum atomic E-state index is 13.9. The number of aryl methyl sites for hydroxylation is 2. The van der Waals surface area contributed by atoms with Crippen molar-refractivity contribution >= 4 is 29.1 Å². The molecule has 0 spiro atoms. The molecule has 1 fully saturated rings. The summed E-state index contributed by atoms with van der Waals surface area (Å²) in [6.45, 7) is 5.08. The van der Waals surface area contributed by atoms with Crippen LogP contribution in [0.15, 0.2) is 24.3 Å². The molecule has 0 aliphatic carbocycles. The zero-order valence-corrected chi connectivity index (χ0v) is 19.6. The summed E-state index contributed by atoms with van der Waals surface area (Å²) in [4.78, 5) is 12.5. The number of rotatable bonds is 4. The van der Waals surface area contributed by atoms with E-state index in [1.807, 2.05) is 32.0 Å². The lowest BCUT2D eigenvalue weighted by molar-refractivity contribution is -0.173. The zero-order chi connectivity index (χ0) is 24.5. The molecule has 2 aromatic rings. The van der Waals surface area contributed by atoms with Gasteiger partial charge >= 0.3 is 6.18 Å². The van der Waals surface area contributed by atoms with Crippen LogP contribution in [0.2, 0.25) is 0 Å². The Kier molecular flexibility index (Phi) is 6.99. The van der Waals surface area contributed by atoms with Crippen LogP contribution in [0.3, 0.4) is 0 Å². The predicted molar refractivity (Wildman–Crippen MR) is 124 cm³/mol. The number of hydrogen-bond acceptors (Lipinski definition) is 5. The fourth-order valence-corrected chi connectivity index (χ4v) is 4.25. The second kappa shape index (κ2) is 9.79. The molecule has 0 unspecified atom stereocenters. The van der Waals surface area contributed by atoms with Crippen LogP contribution >= 0.6 is 12.2 Å². The van der Waals surface area contributed by atoms with Crippen LogP contribution in [0, 0.1) is 13.8 Å². The van der Waals surface area contributed by atoms with Crippen molar-refractivity contribution < 1.29 is 22.7 Å². The van der Waals surface area contributed by atoms with Gasteiger partial charge in [-0.15, -0.1) is 0 Å². The lowest BCUT2D eigenvalue weighted by atomic mass is 9.94. The van der Waals surface area contributed by atoms with Crippen molar-refractivity contribution in [2.24, 2.45) is 0 Å². The number of benzene rings is 1. The number of carbonyl (C=O) groups is 1. The number of hydrogen-bond donors (Lipinski definition) is 4. The minimum absolute atomic E-state index is 0.0611. The fraction of sp³-hybridized carbons (Fsp3) is 0.500. The summed E-state index contributed by atoms with van der Waals surface area (Å²) in [6, 6.07) is 4.47. The van der Waals surface area contributed by atoms with Gasteiger partial charge in [0, 0.05) is 25.6 Å². The summed E-state index contributed by atoms with van der Waals surface area (Å²) in [5.41, 5.74) is 7.57. The molecule has 0 radical (unpaired) electrons. The average Bonchev–Trinajstić information content (AvgIpc) is 3.46. The number of carbonyl (C=O) groups excluding carboxylic acids is 1. The van der Waals surface area contributed by atoms with Crippen molar-refractivity contribution in [3.8, 4) is 0 Å². The summed E-state index contributed by atoms with van der Waals surface area (Å²) in [5.74, 6) is -0.574. The maximum Gasteiger partial charge on any atom is 0.410 e. The summed E-state index contributed by atoms with van der Waals surface area (Å²) in [5, 5.41) is 10.2. The lowest BCUT2D eigenvalue weighted by Crippen LogP contribution is -2.48. The second-order valence-corrected chi connectivity index (χ2v) is 9.03. The Morgan fingerprint density at radius 3 is 2.74 bits per heavy atom. The van der Waals surface area contributed by atoms with E-state index in [0.717, 1.165) is 34.2 Å². The molecule has 34 heavy (non-hydrogen) atoms. The predicted octanol–water partition coefficient (Wildman–Crippen LogP) is 3.45. The zero-order valence-electron chi connectivity index (χ0n) is 18.8. The van der Waals surface area contributed by atoms with Crippen LogP contribution in [0.5, 0.6) is 0 Å². The molecular weight excluding hydrogens is 469 g/mol. The molecule has 12 heteroatoms. The molecule has 1 aromatic heterocycles. The van der Waals surface area contributed by atoms with Crippen LogP contribution in [0.1, 0.15) is 58.5 Å². The van der Waals surface area contributed by atoms with Gasteiger partial charge in [-0.1, -0.05) is 18.2 Å². The third-order valence-electron chi connectivity index (χ3n) is 6.16. The summed E-state index contributed by atoms with van der Waals surface area (Å²) >= 11 is 5.12. The first-order valence-corrected chi connectivity index (χ1v) is 11.5. The smallest absolute Gasteiger partial charge is 0.376 e. The molecule has 2 aliphatic rings. The van der Waals surface area contributed by atoms with Crippen molar-refractivity contribution in [2.45, 2.75) is 57.5 Å². The molecule has 1 amide bonds. The molecule has 2 aliphatic heterocycles. The number of anilines is 1. The first-order chi connectivity index (χ1) is 16.1. The highest BCUT2D eigenvalue weighted by molar-refractivity contribution is 7.80. The van der Waals surface area contributed by atoms with Crippen LogP contribution < -0.4 is 21.5 Å². The first-order valence-electron chi connectivity index (χ1n) is 11.1. The number of hydrazine groups is 1. The van der Waals surface area contributed by atoms with E-state index in [2.05, 4.69) is 26.6 Å². The van der Waals surface area contributed by atoms with Gasteiger partial charge in [-0.2, -0.15) is 18.3 Å². The number of nitrogens with zero attached hydrogens (tertiary/aromatic N) is 2. The van der Waals surface area contributed by atoms with Gasteiger partial charge in [0.2, 0.25) is 0 Å². The Morgan fingerprint density at radius 1 is 1.26 bits per heavy atom. The summed E-state index contributed by atoms with van der Waals surface area (Å²) in [6.07, 6.45) is -2.78. The number of nitrogens with one attached hydrogen (secondary N) is 4. The van der Waals surface area contributed by atoms with Gasteiger partial charge in [0.25, 0.3) is 5.91 Å². The highest BCUT2D eigenvalue weighted by Gasteiger charge is 2.46. The quantitative estimate of drug-likeness (QED) is 0.381. The Hall–Kier alpha value is -2.86. The minimum Gasteiger partial charge on any atom is -0.376 e. The Morgan fingerprint density at radius 2 is 2.06 bits per heavy atom. The van der Waals surface area contributed by atoms with E-state index in [1.54, 1.807) is 0 Å². The first kappa shape index (κ1) is 24.3. The highest BCUT2D eigenvalue weighted by Crippen LogP contribution is 2.43.